The van der Waals surface area contributed by atoms with Gasteiger partial charge >= 0.3 is 0 Å². The summed E-state index contributed by atoms with van der Waals surface area (Å²) >= 11 is 0. The predicted molar refractivity (Wildman–Crippen MR) is 62.4 cm³/mol. The van der Waals surface area contributed by atoms with E-state index in [2.05, 4.69) is 6.92 Å². The van der Waals surface area contributed by atoms with Gasteiger partial charge in [0.2, 0.25) is 5.91 Å². The largest absolute Gasteiger partial charge is 0.341 e. The fourth-order valence-electron chi connectivity index (χ4n) is 1.69. The van der Waals surface area contributed by atoms with Crippen LogP contribution in [0.5, 0.6) is 0 Å². The van der Waals surface area contributed by atoms with Crippen molar-refractivity contribution < 1.29 is 4.79 Å². The lowest BCUT2D eigenvalue weighted by Gasteiger charge is -2.33. The van der Waals surface area contributed by atoms with Gasteiger partial charge in [-0.1, -0.05) is 20.8 Å². The molecule has 0 aromatic rings. The summed E-state index contributed by atoms with van der Waals surface area (Å²) in [7, 11) is 1.87. The first-order valence-electron chi connectivity index (χ1n) is 5.77. The van der Waals surface area contributed by atoms with Crippen molar-refractivity contribution in [3.8, 4) is 0 Å². The summed E-state index contributed by atoms with van der Waals surface area (Å²) in [6.45, 7) is 8.13. The minimum Gasteiger partial charge on any atom is -0.341 e. The zero-order valence-electron chi connectivity index (χ0n) is 10.6. The Hall–Kier alpha value is -0.570. The molecule has 0 aliphatic heterocycles. The minimum atomic E-state index is -0.399. The molecule has 2 N–H and O–H groups in total. The molecule has 1 rings (SSSR count). The molecule has 88 valence electrons. The van der Waals surface area contributed by atoms with E-state index in [4.69, 9.17) is 5.73 Å². The van der Waals surface area contributed by atoms with Crippen molar-refractivity contribution in [1.82, 2.24) is 4.90 Å². The van der Waals surface area contributed by atoms with Crippen LogP contribution in [-0.4, -0.2) is 29.9 Å². The number of nitrogens with two attached hydrogens (primary N) is 1. The van der Waals surface area contributed by atoms with Crippen LogP contribution in [0, 0.1) is 11.3 Å². The quantitative estimate of drug-likeness (QED) is 0.772. The molecule has 0 aromatic heterocycles. The van der Waals surface area contributed by atoms with E-state index >= 15 is 0 Å². The van der Waals surface area contributed by atoms with Crippen LogP contribution >= 0.6 is 0 Å². The maximum Gasteiger partial charge on any atom is 0.240 e. The lowest BCUT2D eigenvalue weighted by molar-refractivity contribution is -0.135. The van der Waals surface area contributed by atoms with Gasteiger partial charge in [-0.25, -0.2) is 0 Å². The van der Waals surface area contributed by atoms with Crippen molar-refractivity contribution in [2.45, 2.75) is 52.6 Å². The number of rotatable bonds is 3. The number of likely N-dealkylation sites (N-methyl/N-ethyl adjacent to an activating group) is 1. The Labute approximate surface area is 93.0 Å². The number of nitrogens with zero attached hydrogens (tertiary/aromatic N) is 1. The monoisotopic (exact) mass is 212 g/mol. The molecule has 0 aromatic carbocycles. The Morgan fingerprint density at radius 1 is 1.40 bits per heavy atom. The molecule has 1 aliphatic carbocycles. The van der Waals surface area contributed by atoms with E-state index in [9.17, 15) is 4.79 Å². The molecular weight excluding hydrogens is 188 g/mol. The van der Waals surface area contributed by atoms with Crippen molar-refractivity contribution in [2.24, 2.45) is 17.1 Å². The highest BCUT2D eigenvalue weighted by Gasteiger charge is 2.36. The Balaban J connectivity index is 2.58. The fourth-order valence-corrected chi connectivity index (χ4v) is 1.69. The summed E-state index contributed by atoms with van der Waals surface area (Å²) in [5, 5.41) is 0. The van der Waals surface area contributed by atoms with Gasteiger partial charge in [0, 0.05) is 13.1 Å². The predicted octanol–water partition coefficient (Wildman–Crippen LogP) is 1.62. The first-order valence-corrected chi connectivity index (χ1v) is 5.77. The average molecular weight is 212 g/mol. The Kier molecular flexibility index (Phi) is 3.44. The molecule has 0 heterocycles. The highest BCUT2D eigenvalue weighted by Crippen LogP contribution is 2.35. The molecule has 3 nitrogen and oxygen atoms in total. The van der Waals surface area contributed by atoms with Crippen molar-refractivity contribution in [1.29, 1.82) is 0 Å². The van der Waals surface area contributed by atoms with Gasteiger partial charge in [0.25, 0.3) is 0 Å². The van der Waals surface area contributed by atoms with E-state index in [1.54, 1.807) is 0 Å². The number of carbonyl (C=O) groups is 1. The van der Waals surface area contributed by atoms with Gasteiger partial charge in [-0.2, -0.15) is 0 Å². The first-order chi connectivity index (χ1) is 6.75. The van der Waals surface area contributed by atoms with Crippen LogP contribution in [0.2, 0.25) is 0 Å². The lowest BCUT2D eigenvalue weighted by Crippen LogP contribution is -2.51. The molecule has 3 heteroatoms. The van der Waals surface area contributed by atoms with Gasteiger partial charge in [-0.3, -0.25) is 4.79 Å². The molecule has 1 saturated carbocycles. The van der Waals surface area contributed by atoms with E-state index in [1.165, 1.54) is 12.8 Å². The van der Waals surface area contributed by atoms with Gasteiger partial charge in [-0.15, -0.1) is 0 Å². The molecule has 0 radical (unpaired) electrons. The Morgan fingerprint density at radius 2 is 1.87 bits per heavy atom. The van der Waals surface area contributed by atoms with Crippen LogP contribution < -0.4 is 5.73 Å². The number of amides is 1. The molecule has 0 bridgehead atoms. The van der Waals surface area contributed by atoms with Crippen molar-refractivity contribution in [2.75, 3.05) is 7.05 Å². The molecule has 1 amide bonds. The van der Waals surface area contributed by atoms with Crippen molar-refractivity contribution in [3.05, 3.63) is 0 Å². The molecule has 1 aliphatic rings. The molecule has 2 atom stereocenters. The first kappa shape index (κ1) is 12.5. The number of hydrogen-bond acceptors (Lipinski definition) is 2. The van der Waals surface area contributed by atoms with Crippen LogP contribution in [0.4, 0.5) is 0 Å². The van der Waals surface area contributed by atoms with Crippen molar-refractivity contribution >= 4 is 5.91 Å². The summed E-state index contributed by atoms with van der Waals surface area (Å²) < 4.78 is 0. The molecule has 15 heavy (non-hydrogen) atoms. The molecule has 0 spiro atoms. The SMILES string of the molecule is CC(C1CC1)N(C)C(=O)[C@@H](N)C(C)(C)C. The lowest BCUT2D eigenvalue weighted by atomic mass is 9.86. The Morgan fingerprint density at radius 3 is 2.20 bits per heavy atom. The summed E-state index contributed by atoms with van der Waals surface area (Å²) in [5.74, 6) is 0.771. The van der Waals surface area contributed by atoms with Gasteiger partial charge < -0.3 is 10.6 Å². The van der Waals surface area contributed by atoms with Crippen LogP contribution in [0.15, 0.2) is 0 Å². The van der Waals surface area contributed by atoms with Crippen molar-refractivity contribution in [3.63, 3.8) is 0 Å². The molecule has 0 saturated heterocycles. The maximum atomic E-state index is 12.1. The summed E-state index contributed by atoms with van der Waals surface area (Å²) in [5.41, 5.74) is 5.80. The van der Waals surface area contributed by atoms with Crippen LogP contribution in [-0.2, 0) is 4.79 Å². The second-order valence-electron chi connectivity index (χ2n) is 5.87. The van der Waals surface area contributed by atoms with Gasteiger partial charge in [0.1, 0.15) is 0 Å². The van der Waals surface area contributed by atoms with E-state index in [0.29, 0.717) is 12.0 Å². The van der Waals surface area contributed by atoms with Crippen LogP contribution in [0.1, 0.15) is 40.5 Å². The summed E-state index contributed by atoms with van der Waals surface area (Å²) in [4.78, 5) is 13.9. The fraction of sp³-hybridized carbons (Fsp3) is 0.917. The topological polar surface area (TPSA) is 46.3 Å². The zero-order chi connectivity index (χ0) is 11.8. The minimum absolute atomic E-state index is 0.0712. The van der Waals surface area contributed by atoms with Crippen LogP contribution in [0.25, 0.3) is 0 Å². The normalized spacial score (nSPS) is 20.9. The zero-order valence-corrected chi connectivity index (χ0v) is 10.6. The van der Waals surface area contributed by atoms with Gasteiger partial charge in [-0.05, 0) is 31.1 Å². The number of hydrogen-bond donors (Lipinski definition) is 1. The van der Waals surface area contributed by atoms with E-state index in [1.807, 2.05) is 32.7 Å². The summed E-state index contributed by atoms with van der Waals surface area (Å²) in [6, 6.07) is -0.0606. The smallest absolute Gasteiger partial charge is 0.240 e. The van der Waals surface area contributed by atoms with Crippen LogP contribution in [0.3, 0.4) is 0 Å². The van der Waals surface area contributed by atoms with Gasteiger partial charge in [0.15, 0.2) is 0 Å². The third-order valence-electron chi connectivity index (χ3n) is 3.46. The maximum absolute atomic E-state index is 12.1. The third-order valence-corrected chi connectivity index (χ3v) is 3.46. The average Bonchev–Trinajstić information content (AvgIpc) is 2.94. The second kappa shape index (κ2) is 4.12. The molecule has 1 unspecified atom stereocenters. The Bertz CT molecular complexity index is 240. The standard InChI is InChI=1S/C12H24N2O/c1-8(9-6-7-9)14(5)11(15)10(13)12(2,3)4/h8-10H,6-7,13H2,1-5H3/t8?,10-/m1/s1. The second-order valence-corrected chi connectivity index (χ2v) is 5.87. The van der Waals surface area contributed by atoms with Gasteiger partial charge in [0.05, 0.1) is 6.04 Å². The highest BCUT2D eigenvalue weighted by atomic mass is 16.2. The van der Waals surface area contributed by atoms with E-state index < -0.39 is 6.04 Å². The third kappa shape index (κ3) is 2.94. The molecular formula is C12H24N2O. The molecule has 1 fully saturated rings. The highest BCUT2D eigenvalue weighted by molar-refractivity contribution is 5.82. The number of carbonyl (C=O) groups excluding carboxylic acids is 1. The van der Waals surface area contributed by atoms with E-state index in [-0.39, 0.29) is 11.3 Å². The summed E-state index contributed by atoms with van der Waals surface area (Å²) in [6.07, 6.45) is 2.51. The van der Waals surface area contributed by atoms with E-state index in [0.717, 1.165) is 0 Å².